The first kappa shape index (κ1) is 10.9. The number of esters is 1. The molecule has 2 nitrogen and oxygen atoms in total. The number of ether oxygens (including phenoxy) is 1. The van der Waals surface area contributed by atoms with E-state index in [0.717, 1.165) is 12.3 Å². The Bertz CT molecular complexity index is 111. The molecule has 0 N–H and O–H groups in total. The molecule has 0 heterocycles. The van der Waals surface area contributed by atoms with Gasteiger partial charge in [-0.3, -0.25) is 4.79 Å². The van der Waals surface area contributed by atoms with Gasteiger partial charge in [0.25, 0.3) is 0 Å². The molecule has 0 aliphatic rings. The molecule has 0 aromatic rings. The van der Waals surface area contributed by atoms with E-state index in [4.69, 9.17) is 4.74 Å². The molecule has 0 aliphatic heterocycles. The van der Waals surface area contributed by atoms with Crippen molar-refractivity contribution >= 4 is 13.9 Å². The molecule has 0 fully saturated rings. The molecule has 66 valence electrons. The van der Waals surface area contributed by atoms with Crippen molar-refractivity contribution in [2.24, 2.45) is 0 Å². The summed E-state index contributed by atoms with van der Waals surface area (Å²) in [6.07, 6.45) is 2.91. The first-order valence-corrected chi connectivity index (χ1v) is 6.02. The van der Waals surface area contributed by atoms with Gasteiger partial charge in [0.2, 0.25) is 0 Å². The van der Waals surface area contributed by atoms with Crippen molar-refractivity contribution in [1.82, 2.24) is 0 Å². The fourth-order valence-electron chi connectivity index (χ4n) is 0.836. The van der Waals surface area contributed by atoms with Crippen LogP contribution in [0, 0.1) is 0 Å². The van der Waals surface area contributed by atoms with Gasteiger partial charge in [0.1, 0.15) is 0 Å². The van der Waals surface area contributed by atoms with Crippen LogP contribution >= 0.6 is 7.92 Å². The minimum absolute atomic E-state index is 0.0256. The lowest BCUT2D eigenvalue weighted by Gasteiger charge is -2.11. The Kier molecular flexibility index (Phi) is 6.54. The fraction of sp³-hybridized carbons (Fsp3) is 0.875. The third-order valence-corrected chi connectivity index (χ3v) is 4.05. The molecule has 0 bridgehead atoms. The van der Waals surface area contributed by atoms with Crippen molar-refractivity contribution < 1.29 is 9.53 Å². The van der Waals surface area contributed by atoms with E-state index >= 15 is 0 Å². The molecule has 0 unspecified atom stereocenters. The first-order chi connectivity index (χ1) is 5.24. The lowest BCUT2D eigenvalue weighted by Crippen LogP contribution is -2.09. The molecule has 0 saturated heterocycles. The zero-order valence-corrected chi connectivity index (χ0v) is 8.49. The highest BCUT2D eigenvalue weighted by molar-refractivity contribution is 7.58. The van der Waals surface area contributed by atoms with Crippen molar-refractivity contribution in [2.45, 2.75) is 20.8 Å². The number of hydrogen-bond donors (Lipinski definition) is 0. The maximum Gasteiger partial charge on any atom is 0.310 e. The van der Waals surface area contributed by atoms with E-state index in [2.05, 4.69) is 13.8 Å². The summed E-state index contributed by atoms with van der Waals surface area (Å²) in [7, 11) is -0.0817. The molecule has 11 heavy (non-hydrogen) atoms. The lowest BCUT2D eigenvalue weighted by atomic mass is 10.8. The van der Waals surface area contributed by atoms with E-state index in [-0.39, 0.29) is 13.9 Å². The Balaban J connectivity index is 3.54. The highest BCUT2D eigenvalue weighted by atomic mass is 31.1. The zero-order valence-electron chi connectivity index (χ0n) is 7.59. The van der Waals surface area contributed by atoms with Gasteiger partial charge in [0, 0.05) is 0 Å². The van der Waals surface area contributed by atoms with Gasteiger partial charge in [0.05, 0.1) is 12.8 Å². The minimum Gasteiger partial charge on any atom is -0.466 e. The monoisotopic (exact) mass is 176 g/mol. The largest absolute Gasteiger partial charge is 0.466 e. The van der Waals surface area contributed by atoms with Gasteiger partial charge in [-0.2, -0.15) is 0 Å². The van der Waals surface area contributed by atoms with Crippen LogP contribution in [0.1, 0.15) is 20.8 Å². The second-order valence-corrected chi connectivity index (χ2v) is 5.19. The van der Waals surface area contributed by atoms with Crippen LogP contribution in [-0.2, 0) is 9.53 Å². The standard InChI is InChI=1S/C8H17O2P/c1-4-10-8(9)7-11(5-2)6-3/h4-7H2,1-3H3. The predicted molar refractivity (Wildman–Crippen MR) is 49.5 cm³/mol. The van der Waals surface area contributed by atoms with Crippen LogP contribution in [0.2, 0.25) is 0 Å². The SMILES string of the molecule is CCOC(=O)CP(CC)CC. The van der Waals surface area contributed by atoms with Crippen LogP contribution in [0.15, 0.2) is 0 Å². The quantitative estimate of drug-likeness (QED) is 0.473. The third-order valence-electron chi connectivity index (χ3n) is 1.55. The van der Waals surface area contributed by atoms with E-state index in [1.807, 2.05) is 6.92 Å². The minimum atomic E-state index is -0.0817. The number of rotatable bonds is 5. The smallest absolute Gasteiger partial charge is 0.310 e. The Hall–Kier alpha value is -0.100. The van der Waals surface area contributed by atoms with Crippen LogP contribution < -0.4 is 0 Å². The molecular formula is C8H17O2P. The van der Waals surface area contributed by atoms with Gasteiger partial charge in [-0.1, -0.05) is 21.8 Å². The topological polar surface area (TPSA) is 26.3 Å². The third kappa shape index (κ3) is 5.20. The van der Waals surface area contributed by atoms with Crippen molar-refractivity contribution in [3.8, 4) is 0 Å². The van der Waals surface area contributed by atoms with Gasteiger partial charge < -0.3 is 4.74 Å². The fourth-order valence-corrected chi connectivity index (χ4v) is 2.19. The maximum atomic E-state index is 11.0. The van der Waals surface area contributed by atoms with E-state index in [1.54, 1.807) is 0 Å². The first-order valence-electron chi connectivity index (χ1n) is 4.12. The lowest BCUT2D eigenvalue weighted by molar-refractivity contribution is -0.139. The van der Waals surface area contributed by atoms with Gasteiger partial charge >= 0.3 is 5.97 Å². The second kappa shape index (κ2) is 6.60. The molecule has 0 spiro atoms. The summed E-state index contributed by atoms with van der Waals surface area (Å²) in [5.41, 5.74) is 0. The van der Waals surface area contributed by atoms with Crippen LogP contribution in [-0.4, -0.2) is 31.1 Å². The summed E-state index contributed by atoms with van der Waals surface area (Å²) in [5.74, 6) is -0.0256. The molecule has 0 radical (unpaired) electrons. The van der Waals surface area contributed by atoms with Crippen molar-refractivity contribution in [3.63, 3.8) is 0 Å². The Morgan fingerprint density at radius 3 is 2.18 bits per heavy atom. The molecule has 0 amide bonds. The average Bonchev–Trinajstić information content (AvgIpc) is 2.01. The van der Waals surface area contributed by atoms with Crippen LogP contribution in [0.4, 0.5) is 0 Å². The van der Waals surface area contributed by atoms with Gasteiger partial charge in [0.15, 0.2) is 0 Å². The number of hydrogen-bond acceptors (Lipinski definition) is 2. The highest BCUT2D eigenvalue weighted by Gasteiger charge is 2.09. The van der Waals surface area contributed by atoms with Gasteiger partial charge in [-0.15, -0.1) is 0 Å². The molecule has 0 aliphatic carbocycles. The molecule has 0 aromatic heterocycles. The molecule has 0 rings (SSSR count). The van der Waals surface area contributed by atoms with E-state index in [0.29, 0.717) is 12.8 Å². The van der Waals surface area contributed by atoms with E-state index < -0.39 is 0 Å². The second-order valence-electron chi connectivity index (χ2n) is 2.27. The summed E-state index contributed by atoms with van der Waals surface area (Å²) >= 11 is 0. The summed E-state index contributed by atoms with van der Waals surface area (Å²) < 4.78 is 4.85. The molecular weight excluding hydrogens is 159 g/mol. The van der Waals surface area contributed by atoms with Crippen molar-refractivity contribution in [3.05, 3.63) is 0 Å². The van der Waals surface area contributed by atoms with Crippen LogP contribution in [0.3, 0.4) is 0 Å². The molecule has 0 aromatic carbocycles. The summed E-state index contributed by atoms with van der Waals surface area (Å²) in [6.45, 7) is 6.62. The van der Waals surface area contributed by atoms with Crippen molar-refractivity contribution in [1.29, 1.82) is 0 Å². The zero-order chi connectivity index (χ0) is 8.69. The Labute approximate surface area is 70.1 Å². The molecule has 0 saturated carbocycles. The maximum absolute atomic E-state index is 11.0. The van der Waals surface area contributed by atoms with Gasteiger partial charge in [-0.25, -0.2) is 0 Å². The average molecular weight is 176 g/mol. The normalized spacial score (nSPS) is 10.2. The number of carbonyl (C=O) groups is 1. The predicted octanol–water partition coefficient (Wildman–Crippen LogP) is 2.07. The number of carbonyl (C=O) groups excluding carboxylic acids is 1. The summed E-state index contributed by atoms with van der Waals surface area (Å²) in [6, 6.07) is 0. The van der Waals surface area contributed by atoms with Crippen LogP contribution in [0.25, 0.3) is 0 Å². The highest BCUT2D eigenvalue weighted by Crippen LogP contribution is 2.33. The van der Waals surface area contributed by atoms with Crippen molar-refractivity contribution in [2.75, 3.05) is 25.1 Å². The Morgan fingerprint density at radius 2 is 1.82 bits per heavy atom. The Morgan fingerprint density at radius 1 is 1.27 bits per heavy atom. The van der Waals surface area contributed by atoms with E-state index in [9.17, 15) is 4.79 Å². The van der Waals surface area contributed by atoms with Crippen LogP contribution in [0.5, 0.6) is 0 Å². The van der Waals surface area contributed by atoms with Gasteiger partial charge in [-0.05, 0) is 19.2 Å². The summed E-state index contributed by atoms with van der Waals surface area (Å²) in [5, 5.41) is 0. The molecule has 0 atom stereocenters. The van der Waals surface area contributed by atoms with E-state index in [1.165, 1.54) is 0 Å². The molecule has 3 heteroatoms. The summed E-state index contributed by atoms with van der Waals surface area (Å²) in [4.78, 5) is 11.0.